The van der Waals surface area contributed by atoms with Crippen molar-refractivity contribution in [3.05, 3.63) is 0 Å². The minimum atomic E-state index is 1.08. The molecule has 0 aromatic heterocycles. The Kier molecular flexibility index (Phi) is 1.28. The first-order valence-corrected chi connectivity index (χ1v) is 4.38. The van der Waals surface area contributed by atoms with E-state index in [0.717, 1.165) is 17.8 Å². The maximum Gasteiger partial charge on any atom is -0.0360 e. The van der Waals surface area contributed by atoms with Crippen LogP contribution >= 0.6 is 0 Å². The van der Waals surface area contributed by atoms with Crippen molar-refractivity contribution in [1.29, 1.82) is 0 Å². The van der Waals surface area contributed by atoms with Crippen molar-refractivity contribution >= 4 is 0 Å². The predicted octanol–water partition coefficient (Wildman–Crippen LogP) is 2.83. The molecular weight excluding hydrogens is 108 g/mol. The molecule has 2 aliphatic carbocycles. The van der Waals surface area contributed by atoms with Crippen LogP contribution in [0.1, 0.15) is 39.0 Å². The van der Waals surface area contributed by atoms with Gasteiger partial charge >= 0.3 is 0 Å². The van der Waals surface area contributed by atoms with Gasteiger partial charge in [0.25, 0.3) is 0 Å². The molecule has 2 fully saturated rings. The topological polar surface area (TPSA) is 0 Å². The van der Waals surface area contributed by atoms with Crippen LogP contribution in [0.4, 0.5) is 0 Å². The molecule has 0 aliphatic heterocycles. The highest BCUT2D eigenvalue weighted by Crippen LogP contribution is 2.48. The first-order chi connectivity index (χ1) is 4.38. The van der Waals surface area contributed by atoms with Crippen molar-refractivity contribution in [3.8, 4) is 0 Å². The molecule has 2 rings (SSSR count). The Morgan fingerprint density at radius 1 is 1.11 bits per heavy atom. The average molecular weight is 124 g/mol. The lowest BCUT2D eigenvalue weighted by Gasteiger charge is -2.46. The van der Waals surface area contributed by atoms with Crippen LogP contribution in [-0.2, 0) is 0 Å². The molecule has 2 saturated carbocycles. The first-order valence-electron chi connectivity index (χ1n) is 4.38. The van der Waals surface area contributed by atoms with E-state index in [4.69, 9.17) is 0 Å². The third-order valence-electron chi connectivity index (χ3n) is 3.37. The molecule has 9 heavy (non-hydrogen) atoms. The summed E-state index contributed by atoms with van der Waals surface area (Å²) in [5.41, 5.74) is 0. The van der Waals surface area contributed by atoms with Gasteiger partial charge in [0, 0.05) is 0 Å². The van der Waals surface area contributed by atoms with Crippen LogP contribution in [0.2, 0.25) is 0 Å². The Morgan fingerprint density at radius 3 is 2.44 bits per heavy atom. The highest BCUT2D eigenvalue weighted by molar-refractivity contribution is 4.88. The summed E-state index contributed by atoms with van der Waals surface area (Å²) in [4.78, 5) is 0. The normalized spacial score (nSPS) is 49.7. The quantitative estimate of drug-likeness (QED) is 0.466. The molecule has 0 N–H and O–H groups in total. The smallest absolute Gasteiger partial charge is 0.0360 e. The lowest BCUT2D eigenvalue weighted by molar-refractivity contribution is 0.0421. The number of fused-ring (bicyclic) bond motifs is 1. The van der Waals surface area contributed by atoms with Gasteiger partial charge in [0.2, 0.25) is 0 Å². The summed E-state index contributed by atoms with van der Waals surface area (Å²) in [6.07, 6.45) is 7.69. The van der Waals surface area contributed by atoms with Gasteiger partial charge in [-0.3, -0.25) is 0 Å². The van der Waals surface area contributed by atoms with E-state index in [9.17, 15) is 0 Å². The van der Waals surface area contributed by atoms with Crippen LogP contribution in [0.25, 0.3) is 0 Å². The van der Waals surface area contributed by atoms with Gasteiger partial charge in [-0.1, -0.05) is 26.2 Å². The van der Waals surface area contributed by atoms with Crippen LogP contribution in [-0.4, -0.2) is 0 Å². The van der Waals surface area contributed by atoms with Gasteiger partial charge in [-0.25, -0.2) is 0 Å². The van der Waals surface area contributed by atoms with Crippen molar-refractivity contribution in [3.63, 3.8) is 0 Å². The average Bonchev–Trinajstić information content (AvgIpc) is 1.86. The molecule has 0 amide bonds. The van der Waals surface area contributed by atoms with Crippen LogP contribution in [0.15, 0.2) is 0 Å². The monoisotopic (exact) mass is 124 g/mol. The highest BCUT2D eigenvalue weighted by atomic mass is 14.4. The SMILES string of the molecule is CC1CC2CCCC[C@H]12. The predicted molar refractivity (Wildman–Crippen MR) is 39.2 cm³/mol. The standard InChI is InChI=1S/C9H16/c1-7-6-8-4-2-3-5-9(7)8/h7-9H,2-6H2,1H3/t7?,8?,9-/m1/s1. The molecule has 0 spiro atoms. The highest BCUT2D eigenvalue weighted by Gasteiger charge is 2.38. The molecule has 0 saturated heterocycles. The van der Waals surface area contributed by atoms with Crippen molar-refractivity contribution < 1.29 is 0 Å². The Bertz CT molecular complexity index is 105. The molecule has 0 heteroatoms. The second kappa shape index (κ2) is 2.00. The molecule has 2 aliphatic rings. The summed E-state index contributed by atoms with van der Waals surface area (Å²) < 4.78 is 0. The Labute approximate surface area is 57.6 Å². The van der Waals surface area contributed by atoms with Crippen molar-refractivity contribution in [2.45, 2.75) is 39.0 Å². The summed E-state index contributed by atoms with van der Waals surface area (Å²) in [7, 11) is 0. The first kappa shape index (κ1) is 5.76. The van der Waals surface area contributed by atoms with Gasteiger partial charge in [-0.05, 0) is 30.6 Å². The molecule has 0 aromatic rings. The minimum Gasteiger partial charge on any atom is -0.0622 e. The van der Waals surface area contributed by atoms with Crippen molar-refractivity contribution in [1.82, 2.24) is 0 Å². The van der Waals surface area contributed by atoms with E-state index in [1.165, 1.54) is 12.8 Å². The summed E-state index contributed by atoms with van der Waals surface area (Å²) in [5, 5.41) is 0. The summed E-state index contributed by atoms with van der Waals surface area (Å²) in [5.74, 6) is 3.39. The van der Waals surface area contributed by atoms with E-state index in [-0.39, 0.29) is 0 Å². The van der Waals surface area contributed by atoms with Gasteiger partial charge in [-0.15, -0.1) is 0 Å². The zero-order chi connectivity index (χ0) is 6.27. The number of rotatable bonds is 0. The van der Waals surface area contributed by atoms with Crippen LogP contribution in [0.3, 0.4) is 0 Å². The summed E-state index contributed by atoms with van der Waals surface area (Å²) in [6, 6.07) is 0. The van der Waals surface area contributed by atoms with E-state index >= 15 is 0 Å². The second-order valence-electron chi connectivity index (χ2n) is 3.92. The van der Waals surface area contributed by atoms with E-state index in [1.807, 2.05) is 0 Å². The van der Waals surface area contributed by atoms with Gasteiger partial charge in [0.05, 0.1) is 0 Å². The Morgan fingerprint density at radius 2 is 1.89 bits per heavy atom. The Hall–Kier alpha value is 0. The zero-order valence-corrected chi connectivity index (χ0v) is 6.27. The molecule has 0 radical (unpaired) electrons. The van der Waals surface area contributed by atoms with E-state index in [2.05, 4.69) is 6.92 Å². The molecule has 2 unspecified atom stereocenters. The Balaban J connectivity index is 1.94. The lowest BCUT2D eigenvalue weighted by atomic mass is 9.59. The van der Waals surface area contributed by atoms with Crippen molar-refractivity contribution in [2.75, 3.05) is 0 Å². The molecule has 3 atom stereocenters. The second-order valence-corrected chi connectivity index (χ2v) is 3.92. The fourth-order valence-electron chi connectivity index (χ4n) is 2.73. The third-order valence-corrected chi connectivity index (χ3v) is 3.37. The number of hydrogen-bond donors (Lipinski definition) is 0. The molecule has 0 nitrogen and oxygen atoms in total. The van der Waals surface area contributed by atoms with Gasteiger partial charge in [0.15, 0.2) is 0 Å². The fourth-order valence-corrected chi connectivity index (χ4v) is 2.73. The minimum absolute atomic E-state index is 1.08. The van der Waals surface area contributed by atoms with Crippen LogP contribution in [0, 0.1) is 17.8 Å². The molecule has 0 bridgehead atoms. The maximum atomic E-state index is 2.42. The molecule has 0 aromatic carbocycles. The van der Waals surface area contributed by atoms with E-state index in [0.29, 0.717) is 0 Å². The summed E-state index contributed by atoms with van der Waals surface area (Å²) >= 11 is 0. The maximum absolute atomic E-state index is 2.42. The van der Waals surface area contributed by atoms with Crippen molar-refractivity contribution in [2.24, 2.45) is 17.8 Å². The van der Waals surface area contributed by atoms with E-state index in [1.54, 1.807) is 19.3 Å². The largest absolute Gasteiger partial charge is 0.0622 e. The molecule has 52 valence electrons. The lowest BCUT2D eigenvalue weighted by Crippen LogP contribution is -2.36. The fraction of sp³-hybridized carbons (Fsp3) is 1.00. The van der Waals surface area contributed by atoms with Gasteiger partial charge in [-0.2, -0.15) is 0 Å². The van der Waals surface area contributed by atoms with Crippen LogP contribution < -0.4 is 0 Å². The summed E-state index contributed by atoms with van der Waals surface area (Å²) in [6.45, 7) is 2.42. The number of hydrogen-bond acceptors (Lipinski definition) is 0. The van der Waals surface area contributed by atoms with E-state index < -0.39 is 0 Å². The third kappa shape index (κ3) is 0.798. The zero-order valence-electron chi connectivity index (χ0n) is 6.27. The van der Waals surface area contributed by atoms with Gasteiger partial charge in [0.1, 0.15) is 0 Å². The molecular formula is C9H16. The molecule has 0 heterocycles. The van der Waals surface area contributed by atoms with Crippen LogP contribution in [0.5, 0.6) is 0 Å². The van der Waals surface area contributed by atoms with Gasteiger partial charge < -0.3 is 0 Å².